The summed E-state index contributed by atoms with van der Waals surface area (Å²) in [5, 5.41) is 20.1. The van der Waals surface area contributed by atoms with Crippen LogP contribution in [0.3, 0.4) is 0 Å². The van der Waals surface area contributed by atoms with Gasteiger partial charge >= 0.3 is 11.9 Å². The molecule has 1 aromatic rings. The van der Waals surface area contributed by atoms with Gasteiger partial charge in [0.2, 0.25) is 0 Å². The molecule has 0 aromatic heterocycles. The van der Waals surface area contributed by atoms with Crippen molar-refractivity contribution in [3.05, 3.63) is 32.8 Å². The van der Waals surface area contributed by atoms with Crippen molar-refractivity contribution in [2.45, 2.75) is 22.5 Å². The van der Waals surface area contributed by atoms with Gasteiger partial charge in [-0.2, -0.15) is 0 Å². The van der Waals surface area contributed by atoms with Crippen LogP contribution in [0.2, 0.25) is 0 Å². The van der Waals surface area contributed by atoms with Crippen molar-refractivity contribution in [2.75, 3.05) is 10.7 Å². The Balaban J connectivity index is 3.57. The van der Waals surface area contributed by atoms with Crippen LogP contribution in [0.4, 0.5) is 0 Å². The number of carboxylic acids is 2. The quantitative estimate of drug-likeness (QED) is 0.380. The van der Waals surface area contributed by atoms with E-state index in [-0.39, 0.29) is 20.8 Å². The van der Waals surface area contributed by atoms with Crippen molar-refractivity contribution in [3.63, 3.8) is 0 Å². The third-order valence-corrected chi connectivity index (χ3v) is 8.58. The van der Waals surface area contributed by atoms with Gasteiger partial charge in [0.05, 0.1) is 11.1 Å². The first-order valence-electron chi connectivity index (χ1n) is 6.43. The molecule has 0 saturated carbocycles. The first-order chi connectivity index (χ1) is 10.7. The van der Waals surface area contributed by atoms with Gasteiger partial charge in [-0.05, 0) is 46.0 Å². The van der Waals surface area contributed by atoms with Gasteiger partial charge in [-0.25, -0.2) is 9.59 Å². The maximum absolute atomic E-state index is 11.5. The second-order valence-electron chi connectivity index (χ2n) is 4.77. The van der Waals surface area contributed by atoms with Gasteiger partial charge in [-0.3, -0.25) is 0 Å². The molecule has 0 aliphatic rings. The molecule has 1 aromatic carbocycles. The Kier molecular flexibility index (Phi) is 9.29. The molecule has 0 heterocycles. The van der Waals surface area contributed by atoms with Crippen LogP contribution < -0.4 is 0 Å². The Bertz CT molecular complexity index is 605. The van der Waals surface area contributed by atoms with Crippen LogP contribution >= 0.6 is 79.6 Å². The van der Waals surface area contributed by atoms with Gasteiger partial charge in [-0.15, -0.1) is 0 Å². The number of hydrogen-bond donors (Lipinski definition) is 2. The molecule has 4 nitrogen and oxygen atoms in total. The number of carbonyl (C=O) groups is 2. The molecule has 0 fully saturated rings. The molecule has 2 atom stereocenters. The number of benzene rings is 1. The predicted octanol–water partition coefficient (Wildman–Crippen LogP) is 5.25. The Morgan fingerprint density at radius 3 is 1.96 bits per heavy atom. The number of rotatable bonds is 8. The molecule has 9 heteroatoms. The van der Waals surface area contributed by atoms with Gasteiger partial charge in [0.1, 0.15) is 0 Å². The van der Waals surface area contributed by atoms with E-state index in [1.807, 2.05) is 0 Å². The van der Waals surface area contributed by atoms with Crippen LogP contribution in [0.15, 0.2) is 10.5 Å². The highest BCUT2D eigenvalue weighted by atomic mass is 79.9. The molecule has 0 radical (unpaired) electrons. The van der Waals surface area contributed by atoms with Crippen LogP contribution in [0.25, 0.3) is 0 Å². The topological polar surface area (TPSA) is 74.6 Å². The molecule has 0 saturated heterocycles. The number of halogens is 5. The zero-order valence-electron chi connectivity index (χ0n) is 11.7. The molecule has 0 spiro atoms. The number of carboxylic acid groups (broad SMARTS) is 2. The lowest BCUT2D eigenvalue weighted by Gasteiger charge is -2.19. The fourth-order valence-electron chi connectivity index (χ4n) is 2.09. The van der Waals surface area contributed by atoms with E-state index in [1.54, 1.807) is 0 Å². The summed E-state index contributed by atoms with van der Waals surface area (Å²) in [6.45, 7) is 0. The highest BCUT2D eigenvalue weighted by molar-refractivity contribution is 9.12. The van der Waals surface area contributed by atoms with Crippen LogP contribution in [0.1, 0.15) is 31.8 Å². The summed E-state index contributed by atoms with van der Waals surface area (Å²) in [6.07, 6.45) is 1.16. The lowest BCUT2D eigenvalue weighted by molar-refractivity contribution is 0.0650. The maximum atomic E-state index is 11.5. The number of alkyl halides is 4. The Morgan fingerprint density at radius 2 is 1.52 bits per heavy atom. The van der Waals surface area contributed by atoms with E-state index in [0.717, 1.165) is 11.1 Å². The minimum atomic E-state index is -1.26. The van der Waals surface area contributed by atoms with E-state index in [9.17, 15) is 19.8 Å². The summed E-state index contributed by atoms with van der Waals surface area (Å²) >= 11 is 17.1. The minimum absolute atomic E-state index is 0.104. The molecular formula is C14H13Br5O4. The van der Waals surface area contributed by atoms with E-state index in [2.05, 4.69) is 79.6 Å². The third-order valence-electron chi connectivity index (χ3n) is 3.11. The second kappa shape index (κ2) is 9.89. The summed E-state index contributed by atoms with van der Waals surface area (Å²) in [7, 11) is 0. The van der Waals surface area contributed by atoms with Gasteiger partial charge in [0.15, 0.2) is 0 Å². The largest absolute Gasteiger partial charge is 0.478 e. The molecule has 128 valence electrons. The highest BCUT2D eigenvalue weighted by Crippen LogP contribution is 2.33. The molecular weight excluding hydrogens is 632 g/mol. The molecule has 0 bridgehead atoms. The van der Waals surface area contributed by atoms with E-state index >= 15 is 0 Å². The Hall–Kier alpha value is 0.560. The molecule has 0 aliphatic carbocycles. The molecule has 1 rings (SSSR count). The summed E-state index contributed by atoms with van der Waals surface area (Å²) in [4.78, 5) is 23.2. The van der Waals surface area contributed by atoms with E-state index in [4.69, 9.17) is 0 Å². The predicted molar refractivity (Wildman–Crippen MR) is 108 cm³/mol. The Morgan fingerprint density at radius 1 is 1.00 bits per heavy atom. The van der Waals surface area contributed by atoms with E-state index < -0.39 is 11.9 Å². The van der Waals surface area contributed by atoms with Crippen molar-refractivity contribution < 1.29 is 19.8 Å². The zero-order chi connectivity index (χ0) is 17.7. The molecule has 0 aliphatic heterocycles. The normalized spacial score (nSPS) is 13.6. The van der Waals surface area contributed by atoms with Crippen molar-refractivity contribution in [1.82, 2.24) is 0 Å². The van der Waals surface area contributed by atoms with Gasteiger partial charge in [-0.1, -0.05) is 63.7 Å². The highest BCUT2D eigenvalue weighted by Gasteiger charge is 2.26. The monoisotopic (exact) mass is 640 g/mol. The van der Waals surface area contributed by atoms with E-state index in [0.29, 0.717) is 28.0 Å². The summed E-state index contributed by atoms with van der Waals surface area (Å²) in [5.74, 6) is -2.51. The third kappa shape index (κ3) is 5.80. The molecule has 23 heavy (non-hydrogen) atoms. The number of hydrogen-bond acceptors (Lipinski definition) is 2. The maximum Gasteiger partial charge on any atom is 0.337 e. The van der Waals surface area contributed by atoms with Crippen molar-refractivity contribution in [1.29, 1.82) is 0 Å². The molecule has 2 unspecified atom stereocenters. The fraction of sp³-hybridized carbons (Fsp3) is 0.429. The second-order valence-corrected chi connectivity index (χ2v) is 9.45. The minimum Gasteiger partial charge on any atom is -0.478 e. The summed E-state index contributed by atoms with van der Waals surface area (Å²) in [6, 6.07) is 1.47. The fourth-order valence-corrected chi connectivity index (χ4v) is 4.02. The Labute approximate surface area is 176 Å². The zero-order valence-corrected chi connectivity index (χ0v) is 19.6. The SMILES string of the molecule is O=C(O)c1cc(CC(Br)CBr)c(CC(Br)CBr)c(Br)c1C(=O)O. The van der Waals surface area contributed by atoms with Gasteiger partial charge < -0.3 is 10.2 Å². The van der Waals surface area contributed by atoms with Crippen LogP contribution in [-0.2, 0) is 12.8 Å². The number of aromatic carboxylic acids is 2. The lowest BCUT2D eigenvalue weighted by Crippen LogP contribution is -2.17. The molecule has 2 N–H and O–H groups in total. The van der Waals surface area contributed by atoms with Gasteiger partial charge in [0, 0.05) is 24.8 Å². The summed E-state index contributed by atoms with van der Waals surface area (Å²) in [5.41, 5.74) is 1.20. The first-order valence-corrected chi connectivity index (χ1v) is 11.3. The van der Waals surface area contributed by atoms with Crippen LogP contribution in [-0.4, -0.2) is 42.5 Å². The van der Waals surface area contributed by atoms with Crippen LogP contribution in [0.5, 0.6) is 0 Å². The lowest BCUT2D eigenvalue weighted by atomic mass is 9.93. The van der Waals surface area contributed by atoms with Crippen molar-refractivity contribution >= 4 is 91.6 Å². The first kappa shape index (κ1) is 21.6. The van der Waals surface area contributed by atoms with Crippen molar-refractivity contribution in [3.8, 4) is 0 Å². The average Bonchev–Trinajstić information content (AvgIpc) is 2.49. The van der Waals surface area contributed by atoms with Crippen molar-refractivity contribution in [2.24, 2.45) is 0 Å². The molecule has 0 amide bonds. The average molecular weight is 645 g/mol. The summed E-state index contributed by atoms with van der Waals surface area (Å²) < 4.78 is 0.333. The van der Waals surface area contributed by atoms with Crippen LogP contribution in [0, 0.1) is 0 Å². The standard InChI is InChI=1S/C14H13Br5O4/c15-4-7(17)1-6-2-10(13(20)21)11(14(22)23)12(19)9(6)3-8(18)5-16/h2,7-8H,1,3-5H2,(H,20,21)(H,22,23). The van der Waals surface area contributed by atoms with Gasteiger partial charge in [0.25, 0.3) is 0 Å². The van der Waals surface area contributed by atoms with E-state index in [1.165, 1.54) is 6.07 Å². The smallest absolute Gasteiger partial charge is 0.337 e.